The van der Waals surface area contributed by atoms with Gasteiger partial charge in [-0.15, -0.1) is 0 Å². The van der Waals surface area contributed by atoms with Gasteiger partial charge < -0.3 is 20.2 Å². The summed E-state index contributed by atoms with van der Waals surface area (Å²) in [5.41, 5.74) is 1.59. The molecular formula is C19H23N3O3. The Bertz CT molecular complexity index is 731. The maximum Gasteiger partial charge on any atom is 0.315 e. The van der Waals surface area contributed by atoms with Crippen molar-refractivity contribution in [2.75, 3.05) is 6.61 Å². The Hall–Kier alpha value is -2.34. The van der Waals surface area contributed by atoms with Crippen molar-refractivity contribution in [1.82, 2.24) is 15.6 Å². The number of hydrogen-bond donors (Lipinski definition) is 3. The molecule has 1 aromatic carbocycles. The fourth-order valence-corrected chi connectivity index (χ4v) is 4.37. The fraction of sp³-hybridized carbons (Fsp3) is 0.474. The summed E-state index contributed by atoms with van der Waals surface area (Å²) in [5.74, 6) is 1.81. The van der Waals surface area contributed by atoms with Crippen LogP contribution in [-0.4, -0.2) is 28.8 Å². The molecule has 6 heteroatoms. The molecular weight excluding hydrogens is 318 g/mol. The number of carbonyl (C=O) groups is 1. The standard InChI is InChI=1S/C19H23N3O3/c23-10-16-13-6-7-14(8-13)17(16)22-19(24)20-9-15-11-25-18(21-15)12-4-2-1-3-5-12/h1-5,11,13-14,16-17,23H,6-10H2,(H2,20,22,24)/t13-,14+,16-,17-/m0/s1. The van der Waals surface area contributed by atoms with E-state index in [1.165, 1.54) is 6.42 Å². The van der Waals surface area contributed by atoms with Gasteiger partial charge in [0.15, 0.2) is 0 Å². The van der Waals surface area contributed by atoms with Crippen LogP contribution in [-0.2, 0) is 6.54 Å². The first kappa shape index (κ1) is 16.1. The predicted molar refractivity (Wildman–Crippen MR) is 92.5 cm³/mol. The van der Waals surface area contributed by atoms with E-state index < -0.39 is 0 Å². The van der Waals surface area contributed by atoms with E-state index in [0.29, 0.717) is 30.0 Å². The highest BCUT2D eigenvalue weighted by Gasteiger charge is 2.47. The zero-order valence-electron chi connectivity index (χ0n) is 14.0. The maximum absolute atomic E-state index is 12.2. The molecule has 132 valence electrons. The van der Waals surface area contributed by atoms with Gasteiger partial charge in [-0.3, -0.25) is 0 Å². The molecule has 2 aromatic rings. The van der Waals surface area contributed by atoms with Crippen molar-refractivity contribution in [2.45, 2.75) is 31.8 Å². The number of nitrogens with one attached hydrogen (secondary N) is 2. The first-order chi connectivity index (χ1) is 12.2. The summed E-state index contributed by atoms with van der Waals surface area (Å²) in [7, 11) is 0. The minimum absolute atomic E-state index is 0.0842. The zero-order chi connectivity index (χ0) is 17.2. The number of aliphatic hydroxyl groups excluding tert-OH is 1. The highest BCUT2D eigenvalue weighted by molar-refractivity contribution is 5.74. The minimum Gasteiger partial charge on any atom is -0.444 e. The van der Waals surface area contributed by atoms with Gasteiger partial charge in [0.2, 0.25) is 5.89 Å². The van der Waals surface area contributed by atoms with Crippen LogP contribution >= 0.6 is 0 Å². The van der Waals surface area contributed by atoms with Gasteiger partial charge in [-0.25, -0.2) is 9.78 Å². The molecule has 2 bridgehead atoms. The third kappa shape index (κ3) is 3.26. The monoisotopic (exact) mass is 341 g/mol. The van der Waals surface area contributed by atoms with Crippen LogP contribution in [0.15, 0.2) is 41.0 Å². The van der Waals surface area contributed by atoms with Gasteiger partial charge in [0, 0.05) is 24.1 Å². The molecule has 3 N–H and O–H groups in total. The summed E-state index contributed by atoms with van der Waals surface area (Å²) in [4.78, 5) is 16.6. The summed E-state index contributed by atoms with van der Waals surface area (Å²) in [5, 5.41) is 15.5. The van der Waals surface area contributed by atoms with Gasteiger partial charge >= 0.3 is 6.03 Å². The zero-order valence-corrected chi connectivity index (χ0v) is 14.0. The summed E-state index contributed by atoms with van der Waals surface area (Å²) < 4.78 is 5.48. The Morgan fingerprint density at radius 1 is 1.24 bits per heavy atom. The van der Waals surface area contributed by atoms with E-state index in [-0.39, 0.29) is 24.6 Å². The van der Waals surface area contributed by atoms with E-state index in [1.54, 1.807) is 6.26 Å². The van der Waals surface area contributed by atoms with Crippen LogP contribution < -0.4 is 10.6 Å². The summed E-state index contributed by atoms with van der Waals surface area (Å²) in [6, 6.07) is 9.53. The molecule has 2 saturated carbocycles. The molecule has 25 heavy (non-hydrogen) atoms. The van der Waals surface area contributed by atoms with Crippen molar-refractivity contribution < 1.29 is 14.3 Å². The molecule has 6 nitrogen and oxygen atoms in total. The number of aliphatic hydroxyl groups is 1. The summed E-state index contributed by atoms with van der Waals surface area (Å²) >= 11 is 0. The van der Waals surface area contributed by atoms with Crippen molar-refractivity contribution in [1.29, 1.82) is 0 Å². The topological polar surface area (TPSA) is 87.4 Å². The van der Waals surface area contributed by atoms with Crippen molar-refractivity contribution in [2.24, 2.45) is 17.8 Å². The van der Waals surface area contributed by atoms with Crippen molar-refractivity contribution in [3.05, 3.63) is 42.3 Å². The average Bonchev–Trinajstić information content (AvgIpc) is 3.37. The smallest absolute Gasteiger partial charge is 0.315 e. The Kier molecular flexibility index (Phi) is 4.44. The fourth-order valence-electron chi connectivity index (χ4n) is 4.37. The quantitative estimate of drug-likeness (QED) is 0.780. The molecule has 0 unspecified atom stereocenters. The van der Waals surface area contributed by atoms with E-state index >= 15 is 0 Å². The van der Waals surface area contributed by atoms with Crippen molar-refractivity contribution >= 4 is 6.03 Å². The van der Waals surface area contributed by atoms with Crippen LogP contribution in [0.3, 0.4) is 0 Å². The maximum atomic E-state index is 12.2. The largest absolute Gasteiger partial charge is 0.444 e. The van der Waals surface area contributed by atoms with Gasteiger partial charge in [-0.05, 0) is 43.2 Å². The number of aromatic nitrogens is 1. The summed E-state index contributed by atoms with van der Waals surface area (Å²) in [6.07, 6.45) is 5.02. The molecule has 1 aromatic heterocycles. The summed E-state index contributed by atoms with van der Waals surface area (Å²) in [6.45, 7) is 0.461. The SMILES string of the molecule is O=C(NCc1coc(-c2ccccc2)n1)N[C@H]1[C@@H]2CC[C@@H](C2)[C@@H]1CO. The van der Waals surface area contributed by atoms with Crippen LogP contribution in [0.2, 0.25) is 0 Å². The van der Waals surface area contributed by atoms with Crippen molar-refractivity contribution in [3.63, 3.8) is 0 Å². The van der Waals surface area contributed by atoms with E-state index in [0.717, 1.165) is 18.4 Å². The van der Waals surface area contributed by atoms with E-state index in [4.69, 9.17) is 4.42 Å². The Morgan fingerprint density at radius 2 is 2.04 bits per heavy atom. The average molecular weight is 341 g/mol. The molecule has 2 amide bonds. The molecule has 0 aliphatic heterocycles. The number of hydrogen-bond acceptors (Lipinski definition) is 4. The first-order valence-electron chi connectivity index (χ1n) is 8.89. The second kappa shape index (κ2) is 6.88. The highest BCUT2D eigenvalue weighted by atomic mass is 16.3. The van der Waals surface area contributed by atoms with Crippen LogP contribution in [0.1, 0.15) is 25.0 Å². The van der Waals surface area contributed by atoms with Gasteiger partial charge in [0.1, 0.15) is 6.26 Å². The molecule has 2 fully saturated rings. The molecule has 2 aliphatic rings. The number of rotatable bonds is 5. The van der Waals surface area contributed by atoms with Gasteiger partial charge in [0.25, 0.3) is 0 Å². The number of oxazole rings is 1. The van der Waals surface area contributed by atoms with Crippen LogP contribution in [0, 0.1) is 17.8 Å². The third-order valence-electron chi connectivity index (χ3n) is 5.60. The van der Waals surface area contributed by atoms with Gasteiger partial charge in [-0.1, -0.05) is 18.2 Å². The third-order valence-corrected chi connectivity index (χ3v) is 5.60. The van der Waals surface area contributed by atoms with Gasteiger partial charge in [0.05, 0.1) is 12.2 Å². The molecule has 0 radical (unpaired) electrons. The first-order valence-corrected chi connectivity index (χ1v) is 8.89. The minimum atomic E-state index is -0.208. The molecule has 0 spiro atoms. The van der Waals surface area contributed by atoms with Crippen LogP contribution in [0.4, 0.5) is 4.79 Å². The van der Waals surface area contributed by atoms with Crippen molar-refractivity contribution in [3.8, 4) is 11.5 Å². The van der Waals surface area contributed by atoms with Crippen LogP contribution in [0.25, 0.3) is 11.5 Å². The number of nitrogens with zero attached hydrogens (tertiary/aromatic N) is 1. The number of benzene rings is 1. The second-order valence-corrected chi connectivity index (χ2v) is 7.04. The Balaban J connectivity index is 1.31. The van der Waals surface area contributed by atoms with E-state index in [1.807, 2.05) is 30.3 Å². The number of urea groups is 1. The lowest BCUT2D eigenvalue weighted by Crippen LogP contribution is -2.48. The lowest BCUT2D eigenvalue weighted by Gasteiger charge is -2.30. The number of carbonyl (C=O) groups excluding carboxylic acids is 1. The Labute approximate surface area is 146 Å². The van der Waals surface area contributed by atoms with Gasteiger partial charge in [-0.2, -0.15) is 0 Å². The molecule has 4 atom stereocenters. The Morgan fingerprint density at radius 3 is 2.84 bits per heavy atom. The number of fused-ring (bicyclic) bond motifs is 2. The second-order valence-electron chi connectivity index (χ2n) is 7.04. The molecule has 4 rings (SSSR count). The molecule has 0 saturated heterocycles. The number of amides is 2. The lowest BCUT2D eigenvalue weighted by molar-refractivity contribution is 0.144. The van der Waals surface area contributed by atoms with E-state index in [9.17, 15) is 9.90 Å². The molecule has 1 heterocycles. The highest BCUT2D eigenvalue weighted by Crippen LogP contribution is 2.48. The lowest BCUT2D eigenvalue weighted by atomic mass is 9.85. The van der Waals surface area contributed by atoms with Crippen LogP contribution in [0.5, 0.6) is 0 Å². The predicted octanol–water partition coefficient (Wildman–Crippen LogP) is 2.55. The molecule has 2 aliphatic carbocycles. The van der Waals surface area contributed by atoms with E-state index in [2.05, 4.69) is 15.6 Å². The normalized spacial score (nSPS) is 27.4.